The number of benzene rings is 2. The smallest absolute Gasteiger partial charge is 0.114 e. The second kappa shape index (κ2) is 7.72. The molecule has 134 valence electrons. The molecular formula is C21H20N6. The van der Waals surface area contributed by atoms with E-state index in [4.69, 9.17) is 0 Å². The maximum Gasteiger partial charge on any atom is 0.114 e. The number of hydrogen-bond acceptors (Lipinski definition) is 5. The molecule has 0 saturated heterocycles. The maximum atomic E-state index is 9.85. The summed E-state index contributed by atoms with van der Waals surface area (Å²) in [6.07, 6.45) is 2.55. The first-order valence-electron chi connectivity index (χ1n) is 8.70. The summed E-state index contributed by atoms with van der Waals surface area (Å²) in [5.74, 6) is 0. The fourth-order valence-electron chi connectivity index (χ4n) is 3.22. The van der Waals surface area contributed by atoms with Gasteiger partial charge in [0.2, 0.25) is 0 Å². The lowest BCUT2D eigenvalue weighted by atomic mass is 9.92. The number of nitrogens with zero attached hydrogens (tertiary/aromatic N) is 6. The highest BCUT2D eigenvalue weighted by Crippen LogP contribution is 2.35. The first-order valence-corrected chi connectivity index (χ1v) is 8.70. The summed E-state index contributed by atoms with van der Waals surface area (Å²) in [5.41, 5.74) is 5.01. The lowest BCUT2D eigenvalue weighted by Gasteiger charge is -2.20. The number of aryl methyl sites for hydroxylation is 1. The molecule has 0 spiro atoms. The van der Waals surface area contributed by atoms with Crippen LogP contribution in [0.15, 0.2) is 42.6 Å². The van der Waals surface area contributed by atoms with E-state index in [1.165, 1.54) is 0 Å². The third-order valence-corrected chi connectivity index (χ3v) is 4.42. The number of hydrogen-bond donors (Lipinski definition) is 0. The van der Waals surface area contributed by atoms with E-state index in [0.29, 0.717) is 35.5 Å². The van der Waals surface area contributed by atoms with Crippen molar-refractivity contribution in [1.82, 2.24) is 15.0 Å². The molecule has 1 aromatic heterocycles. The van der Waals surface area contributed by atoms with E-state index >= 15 is 0 Å². The molecule has 6 nitrogen and oxygen atoms in total. The van der Waals surface area contributed by atoms with E-state index in [2.05, 4.69) is 22.5 Å². The molecule has 1 heterocycles. The normalized spacial score (nSPS) is 10.3. The van der Waals surface area contributed by atoms with Gasteiger partial charge in [-0.3, -0.25) is 0 Å². The summed E-state index contributed by atoms with van der Waals surface area (Å²) >= 11 is 0. The van der Waals surface area contributed by atoms with Crippen LogP contribution in [-0.4, -0.2) is 29.1 Å². The fourth-order valence-corrected chi connectivity index (χ4v) is 3.22. The minimum Gasteiger partial charge on any atom is -0.376 e. The van der Waals surface area contributed by atoms with E-state index in [9.17, 15) is 10.5 Å². The Morgan fingerprint density at radius 1 is 1.11 bits per heavy atom. The van der Waals surface area contributed by atoms with Crippen LogP contribution in [0.2, 0.25) is 0 Å². The topological polar surface area (TPSA) is 81.5 Å². The molecule has 0 N–H and O–H groups in total. The van der Waals surface area contributed by atoms with Crippen molar-refractivity contribution in [3.63, 3.8) is 0 Å². The van der Waals surface area contributed by atoms with Gasteiger partial charge in [0.25, 0.3) is 0 Å². The number of anilines is 1. The van der Waals surface area contributed by atoms with Gasteiger partial charge in [-0.05, 0) is 23.6 Å². The number of rotatable bonds is 5. The molecule has 27 heavy (non-hydrogen) atoms. The lowest BCUT2D eigenvalue weighted by molar-refractivity contribution is 0.650. The standard InChI is InChI=1S/C21H20N6/c1-4-16-10-17(11-22)21(26(2)3)18(12-23)20(16)19-14-27(25-24-19)13-15-8-6-5-7-9-15/h5-10,14H,4,13H2,1-3H3. The summed E-state index contributed by atoms with van der Waals surface area (Å²) in [7, 11) is 3.66. The molecule has 3 rings (SSSR count). The highest BCUT2D eigenvalue weighted by Gasteiger charge is 2.22. The van der Waals surface area contributed by atoms with Gasteiger partial charge in [-0.1, -0.05) is 42.5 Å². The van der Waals surface area contributed by atoms with Crippen LogP contribution in [0.4, 0.5) is 5.69 Å². The molecular weight excluding hydrogens is 336 g/mol. The summed E-state index contributed by atoms with van der Waals surface area (Å²) < 4.78 is 1.76. The van der Waals surface area contributed by atoms with Crippen LogP contribution in [0.1, 0.15) is 29.2 Å². The van der Waals surface area contributed by atoms with Crippen LogP contribution in [0.25, 0.3) is 11.3 Å². The highest BCUT2D eigenvalue weighted by molar-refractivity contribution is 5.82. The minimum absolute atomic E-state index is 0.461. The minimum atomic E-state index is 0.461. The van der Waals surface area contributed by atoms with Crippen molar-refractivity contribution in [2.75, 3.05) is 19.0 Å². The Balaban J connectivity index is 2.13. The average molecular weight is 356 g/mol. The van der Waals surface area contributed by atoms with Crippen LogP contribution in [0, 0.1) is 22.7 Å². The Hall–Kier alpha value is -3.64. The van der Waals surface area contributed by atoms with Crippen molar-refractivity contribution in [1.29, 1.82) is 10.5 Å². The molecule has 0 aliphatic heterocycles. The molecule has 3 aromatic rings. The van der Waals surface area contributed by atoms with Gasteiger partial charge in [-0.25, -0.2) is 4.68 Å². The van der Waals surface area contributed by atoms with Crippen LogP contribution in [-0.2, 0) is 13.0 Å². The molecule has 0 unspecified atom stereocenters. The van der Waals surface area contributed by atoms with Crippen molar-refractivity contribution in [2.24, 2.45) is 0 Å². The largest absolute Gasteiger partial charge is 0.376 e. The second-order valence-electron chi connectivity index (χ2n) is 6.44. The molecule has 0 amide bonds. The van der Waals surface area contributed by atoms with E-state index in [0.717, 1.165) is 16.7 Å². The van der Waals surface area contributed by atoms with E-state index < -0.39 is 0 Å². The Morgan fingerprint density at radius 2 is 1.85 bits per heavy atom. The zero-order valence-electron chi connectivity index (χ0n) is 15.6. The van der Waals surface area contributed by atoms with Crippen molar-refractivity contribution in [2.45, 2.75) is 19.9 Å². The zero-order valence-corrected chi connectivity index (χ0v) is 15.6. The Labute approximate surface area is 158 Å². The van der Waals surface area contributed by atoms with Gasteiger partial charge >= 0.3 is 0 Å². The summed E-state index contributed by atoms with van der Waals surface area (Å²) in [6.45, 7) is 2.61. The first kappa shape index (κ1) is 18.2. The molecule has 0 bridgehead atoms. The quantitative estimate of drug-likeness (QED) is 0.700. The van der Waals surface area contributed by atoms with Gasteiger partial charge < -0.3 is 4.90 Å². The van der Waals surface area contributed by atoms with Gasteiger partial charge in [-0.15, -0.1) is 5.10 Å². The van der Waals surface area contributed by atoms with Gasteiger partial charge in [0, 0.05) is 19.7 Å². The summed E-state index contributed by atoms with van der Waals surface area (Å²) in [6, 6.07) is 16.4. The SMILES string of the molecule is CCc1cc(C#N)c(N(C)C)c(C#N)c1-c1cn(Cc2ccccc2)nn1. The summed E-state index contributed by atoms with van der Waals surface area (Å²) in [5, 5.41) is 27.9. The van der Waals surface area contributed by atoms with Crippen molar-refractivity contribution in [3.8, 4) is 23.4 Å². The Bertz CT molecular complexity index is 1040. The van der Waals surface area contributed by atoms with Crippen LogP contribution in [0.5, 0.6) is 0 Å². The van der Waals surface area contributed by atoms with Gasteiger partial charge in [-0.2, -0.15) is 10.5 Å². The summed E-state index contributed by atoms with van der Waals surface area (Å²) in [4.78, 5) is 1.80. The zero-order chi connectivity index (χ0) is 19.4. The van der Waals surface area contributed by atoms with E-state index in [1.807, 2.05) is 63.6 Å². The molecule has 0 atom stereocenters. The molecule has 2 aromatic carbocycles. The van der Waals surface area contributed by atoms with Crippen molar-refractivity contribution < 1.29 is 0 Å². The van der Waals surface area contributed by atoms with E-state index in [1.54, 1.807) is 9.58 Å². The van der Waals surface area contributed by atoms with Crippen molar-refractivity contribution >= 4 is 5.69 Å². The van der Waals surface area contributed by atoms with E-state index in [-0.39, 0.29) is 0 Å². The van der Waals surface area contributed by atoms with Crippen LogP contribution >= 0.6 is 0 Å². The molecule has 0 radical (unpaired) electrons. The predicted molar refractivity (Wildman–Crippen MR) is 104 cm³/mol. The molecule has 0 aliphatic rings. The molecule has 0 saturated carbocycles. The van der Waals surface area contributed by atoms with Gasteiger partial charge in [0.15, 0.2) is 0 Å². The molecule has 6 heteroatoms. The van der Waals surface area contributed by atoms with Gasteiger partial charge in [0.1, 0.15) is 17.8 Å². The highest BCUT2D eigenvalue weighted by atomic mass is 15.4. The third-order valence-electron chi connectivity index (χ3n) is 4.42. The number of aromatic nitrogens is 3. The molecule has 0 fully saturated rings. The Kier molecular flexibility index (Phi) is 5.19. The van der Waals surface area contributed by atoms with Crippen LogP contribution < -0.4 is 4.90 Å². The first-order chi connectivity index (χ1) is 13.1. The van der Waals surface area contributed by atoms with Crippen LogP contribution in [0.3, 0.4) is 0 Å². The predicted octanol–water partition coefficient (Wildman–Crippen LogP) is 3.37. The number of nitriles is 2. The average Bonchev–Trinajstić information content (AvgIpc) is 3.14. The third kappa shape index (κ3) is 3.51. The monoisotopic (exact) mass is 356 g/mol. The maximum absolute atomic E-state index is 9.85. The molecule has 0 aliphatic carbocycles. The fraction of sp³-hybridized carbons (Fsp3) is 0.238. The van der Waals surface area contributed by atoms with Gasteiger partial charge in [0.05, 0.1) is 29.6 Å². The van der Waals surface area contributed by atoms with Crippen molar-refractivity contribution in [3.05, 3.63) is 64.8 Å². The second-order valence-corrected chi connectivity index (χ2v) is 6.44. The lowest BCUT2D eigenvalue weighted by Crippen LogP contribution is -2.14. The Morgan fingerprint density at radius 3 is 2.44 bits per heavy atom.